The fraction of sp³-hybridized carbons (Fsp3) is 0.238. The van der Waals surface area contributed by atoms with Crippen molar-refractivity contribution in [1.29, 1.82) is 0 Å². The number of nitrogens with zero attached hydrogens (tertiary/aromatic N) is 4. The molecule has 1 N–H and O–H groups in total. The van der Waals surface area contributed by atoms with Crippen LogP contribution in [0.2, 0.25) is 0 Å². The van der Waals surface area contributed by atoms with Crippen molar-refractivity contribution >= 4 is 5.91 Å². The van der Waals surface area contributed by atoms with Crippen molar-refractivity contribution in [2.45, 2.75) is 25.3 Å². The molecule has 1 amide bonds. The minimum absolute atomic E-state index is 0.216. The van der Waals surface area contributed by atoms with Gasteiger partial charge < -0.3 is 14.3 Å². The van der Waals surface area contributed by atoms with E-state index in [1.807, 2.05) is 22.9 Å². The SMILES string of the molecule is O=C(NCCn1nc(-c2ccccn2)cc1C1CC1)c1cc(-c2ccco2)on1. The summed E-state index contributed by atoms with van der Waals surface area (Å²) in [6, 6.07) is 13.0. The van der Waals surface area contributed by atoms with E-state index in [0.29, 0.717) is 30.5 Å². The van der Waals surface area contributed by atoms with Crippen LogP contribution in [0.4, 0.5) is 0 Å². The third-order valence-corrected chi connectivity index (χ3v) is 4.85. The van der Waals surface area contributed by atoms with Gasteiger partial charge in [-0.05, 0) is 43.2 Å². The number of hydrogen-bond acceptors (Lipinski definition) is 6. The van der Waals surface area contributed by atoms with Crippen molar-refractivity contribution in [2.75, 3.05) is 6.54 Å². The molecule has 4 aromatic rings. The van der Waals surface area contributed by atoms with Crippen molar-refractivity contribution in [1.82, 2.24) is 25.2 Å². The minimum Gasteiger partial charge on any atom is -0.461 e. The van der Waals surface area contributed by atoms with E-state index in [-0.39, 0.29) is 11.6 Å². The van der Waals surface area contributed by atoms with Crippen molar-refractivity contribution < 1.29 is 13.7 Å². The lowest BCUT2D eigenvalue weighted by molar-refractivity contribution is 0.0943. The summed E-state index contributed by atoms with van der Waals surface area (Å²) in [5.41, 5.74) is 3.12. The Morgan fingerprint density at radius 1 is 1.14 bits per heavy atom. The summed E-state index contributed by atoms with van der Waals surface area (Å²) in [4.78, 5) is 16.8. The standard InChI is InChI=1S/C21H19N5O3/c27-21(17-13-20(29-25-17)19-5-3-11-28-19)23-9-10-26-18(14-6-7-14)12-16(24-26)15-4-1-2-8-22-15/h1-5,8,11-14H,6-7,9-10H2,(H,23,27). The first-order valence-electron chi connectivity index (χ1n) is 9.56. The molecule has 0 saturated heterocycles. The largest absolute Gasteiger partial charge is 0.461 e. The van der Waals surface area contributed by atoms with Gasteiger partial charge in [0.1, 0.15) is 5.69 Å². The second-order valence-corrected chi connectivity index (χ2v) is 6.98. The summed E-state index contributed by atoms with van der Waals surface area (Å²) in [5.74, 6) is 1.20. The average Bonchev–Trinajstić information content (AvgIpc) is 3.18. The molecule has 1 aliphatic rings. The number of pyridine rings is 1. The van der Waals surface area contributed by atoms with Crippen LogP contribution in [0.5, 0.6) is 0 Å². The van der Waals surface area contributed by atoms with E-state index in [4.69, 9.17) is 14.0 Å². The second kappa shape index (κ2) is 7.38. The molecule has 4 heterocycles. The lowest BCUT2D eigenvalue weighted by atomic mass is 10.2. The van der Waals surface area contributed by atoms with Gasteiger partial charge in [-0.3, -0.25) is 14.5 Å². The highest BCUT2D eigenvalue weighted by Gasteiger charge is 2.28. The van der Waals surface area contributed by atoms with Gasteiger partial charge in [-0.25, -0.2) is 0 Å². The van der Waals surface area contributed by atoms with E-state index < -0.39 is 0 Å². The van der Waals surface area contributed by atoms with Crippen LogP contribution in [0, 0.1) is 0 Å². The van der Waals surface area contributed by atoms with Crippen LogP contribution >= 0.6 is 0 Å². The molecular weight excluding hydrogens is 370 g/mol. The topological polar surface area (TPSA) is 99.0 Å². The molecule has 1 fully saturated rings. The number of rotatable bonds is 7. The van der Waals surface area contributed by atoms with Crippen LogP contribution < -0.4 is 5.32 Å². The van der Waals surface area contributed by atoms with Gasteiger partial charge >= 0.3 is 0 Å². The lowest BCUT2D eigenvalue weighted by Gasteiger charge is -2.07. The Morgan fingerprint density at radius 2 is 2.07 bits per heavy atom. The highest BCUT2D eigenvalue weighted by atomic mass is 16.5. The monoisotopic (exact) mass is 389 g/mol. The Morgan fingerprint density at radius 3 is 2.83 bits per heavy atom. The van der Waals surface area contributed by atoms with Crippen molar-refractivity contribution in [3.63, 3.8) is 0 Å². The van der Waals surface area contributed by atoms with E-state index in [1.54, 1.807) is 30.7 Å². The smallest absolute Gasteiger partial charge is 0.273 e. The summed E-state index contributed by atoms with van der Waals surface area (Å²) < 4.78 is 12.4. The van der Waals surface area contributed by atoms with E-state index in [9.17, 15) is 4.79 Å². The summed E-state index contributed by atoms with van der Waals surface area (Å²) >= 11 is 0. The molecule has 29 heavy (non-hydrogen) atoms. The maximum atomic E-state index is 12.4. The van der Waals surface area contributed by atoms with Crippen molar-refractivity contribution in [3.05, 3.63) is 66.3 Å². The Kier molecular flexibility index (Phi) is 4.44. The van der Waals surface area contributed by atoms with Gasteiger partial charge in [-0.1, -0.05) is 11.2 Å². The summed E-state index contributed by atoms with van der Waals surface area (Å²) in [6.45, 7) is 1.01. The van der Waals surface area contributed by atoms with Crippen LogP contribution in [0.25, 0.3) is 22.9 Å². The maximum absolute atomic E-state index is 12.4. The summed E-state index contributed by atoms with van der Waals surface area (Å²) in [5, 5.41) is 11.4. The number of amides is 1. The third kappa shape index (κ3) is 3.69. The maximum Gasteiger partial charge on any atom is 0.273 e. The highest BCUT2D eigenvalue weighted by Crippen LogP contribution is 2.41. The lowest BCUT2D eigenvalue weighted by Crippen LogP contribution is -2.28. The predicted molar refractivity (Wildman–Crippen MR) is 104 cm³/mol. The fourth-order valence-electron chi connectivity index (χ4n) is 3.24. The molecule has 8 nitrogen and oxygen atoms in total. The number of aromatic nitrogens is 4. The first kappa shape index (κ1) is 17.4. The van der Waals surface area contributed by atoms with Crippen LogP contribution in [-0.2, 0) is 6.54 Å². The predicted octanol–water partition coefficient (Wildman–Crippen LogP) is 3.50. The van der Waals surface area contributed by atoms with Gasteiger partial charge in [0.15, 0.2) is 11.5 Å². The van der Waals surface area contributed by atoms with Crippen LogP contribution in [0.1, 0.15) is 34.9 Å². The van der Waals surface area contributed by atoms with E-state index in [2.05, 4.69) is 21.5 Å². The van der Waals surface area contributed by atoms with Gasteiger partial charge in [0, 0.05) is 30.4 Å². The minimum atomic E-state index is -0.295. The zero-order chi connectivity index (χ0) is 19.6. The number of carbonyl (C=O) groups is 1. The molecule has 0 aromatic carbocycles. The molecule has 0 bridgehead atoms. The summed E-state index contributed by atoms with van der Waals surface area (Å²) in [7, 11) is 0. The van der Waals surface area contributed by atoms with E-state index in [0.717, 1.165) is 11.4 Å². The Hall–Kier alpha value is -3.68. The normalized spacial score (nSPS) is 13.5. The number of carbonyl (C=O) groups excluding carboxylic acids is 1. The van der Waals surface area contributed by atoms with Gasteiger partial charge in [-0.15, -0.1) is 0 Å². The van der Waals surface area contributed by atoms with Gasteiger partial charge in [0.05, 0.1) is 18.5 Å². The first-order chi connectivity index (χ1) is 14.3. The number of furan rings is 1. The molecule has 0 unspecified atom stereocenters. The Labute approximate surface area is 166 Å². The molecule has 0 radical (unpaired) electrons. The van der Waals surface area contributed by atoms with Crippen molar-refractivity contribution in [3.8, 4) is 22.9 Å². The molecule has 146 valence electrons. The molecular formula is C21H19N5O3. The second-order valence-electron chi connectivity index (χ2n) is 6.98. The molecule has 1 saturated carbocycles. The molecule has 0 spiro atoms. The quantitative estimate of drug-likeness (QED) is 0.519. The zero-order valence-electron chi connectivity index (χ0n) is 15.6. The third-order valence-electron chi connectivity index (χ3n) is 4.85. The van der Waals surface area contributed by atoms with Gasteiger partial charge in [0.2, 0.25) is 5.76 Å². The molecule has 5 rings (SSSR count). The van der Waals surface area contributed by atoms with Crippen molar-refractivity contribution in [2.24, 2.45) is 0 Å². The van der Waals surface area contributed by atoms with Crippen LogP contribution in [0.3, 0.4) is 0 Å². The first-order valence-corrected chi connectivity index (χ1v) is 9.56. The molecule has 1 aliphatic carbocycles. The van der Waals surface area contributed by atoms with E-state index >= 15 is 0 Å². The van der Waals surface area contributed by atoms with Gasteiger partial charge in [0.25, 0.3) is 5.91 Å². The van der Waals surface area contributed by atoms with Crippen LogP contribution in [-0.4, -0.2) is 32.4 Å². The fourth-order valence-corrected chi connectivity index (χ4v) is 3.24. The number of nitrogens with one attached hydrogen (secondary N) is 1. The Bertz CT molecular complexity index is 1110. The average molecular weight is 389 g/mol. The van der Waals surface area contributed by atoms with Crippen LogP contribution in [0.15, 0.2) is 63.9 Å². The molecule has 0 atom stereocenters. The molecule has 0 aliphatic heterocycles. The highest BCUT2D eigenvalue weighted by molar-refractivity contribution is 5.92. The zero-order valence-corrected chi connectivity index (χ0v) is 15.6. The summed E-state index contributed by atoms with van der Waals surface area (Å²) in [6.07, 6.45) is 5.65. The van der Waals surface area contributed by atoms with Gasteiger partial charge in [-0.2, -0.15) is 5.10 Å². The van der Waals surface area contributed by atoms with E-state index in [1.165, 1.54) is 18.5 Å². The molecule has 8 heteroatoms. The Balaban J connectivity index is 1.25. The number of hydrogen-bond donors (Lipinski definition) is 1. The molecule has 4 aromatic heterocycles.